The van der Waals surface area contributed by atoms with Crippen LogP contribution in [-0.4, -0.2) is 15.8 Å². The van der Waals surface area contributed by atoms with Gasteiger partial charge in [-0.1, -0.05) is 23.6 Å². The zero-order chi connectivity index (χ0) is 12.8. The molecule has 0 spiro atoms. The van der Waals surface area contributed by atoms with Crippen molar-refractivity contribution >= 4 is 28.3 Å². The molecule has 0 aromatic heterocycles. The summed E-state index contributed by atoms with van der Waals surface area (Å²) in [7, 11) is 0. The molecule has 0 atom stereocenters. The van der Waals surface area contributed by atoms with Gasteiger partial charge in [0.2, 0.25) is 0 Å². The predicted molar refractivity (Wildman–Crippen MR) is 67.5 cm³/mol. The largest absolute Gasteiger partial charge is 0.399 e. The van der Waals surface area contributed by atoms with Crippen LogP contribution in [0, 0.1) is 22.0 Å². The van der Waals surface area contributed by atoms with Crippen LogP contribution in [0.1, 0.15) is 12.5 Å². The fourth-order valence-corrected chi connectivity index (χ4v) is 1.42. The van der Waals surface area contributed by atoms with Gasteiger partial charge in [-0.3, -0.25) is 14.9 Å². The molecule has 0 aliphatic carbocycles. The van der Waals surface area contributed by atoms with Crippen LogP contribution in [0.2, 0.25) is 0 Å². The minimum Gasteiger partial charge on any atom is -0.399 e. The van der Waals surface area contributed by atoms with E-state index in [0.717, 1.165) is 11.8 Å². The third-order valence-electron chi connectivity index (χ3n) is 1.79. The van der Waals surface area contributed by atoms with Crippen molar-refractivity contribution in [1.82, 2.24) is 0 Å². The van der Waals surface area contributed by atoms with E-state index in [0.29, 0.717) is 17.0 Å². The standard InChI is InChI=1S/C11H10N2O3S/c1-8(14)17-6-2-3-9-4-5-10(12)7-11(9)13(15)16/h4-5,7H,6,12H2,1H3. The van der Waals surface area contributed by atoms with E-state index in [1.54, 1.807) is 6.07 Å². The molecule has 17 heavy (non-hydrogen) atoms. The Morgan fingerprint density at radius 3 is 2.88 bits per heavy atom. The molecule has 0 bridgehead atoms. The van der Waals surface area contributed by atoms with Crippen LogP contribution in [0.15, 0.2) is 18.2 Å². The summed E-state index contributed by atoms with van der Waals surface area (Å²) < 4.78 is 0. The third kappa shape index (κ3) is 4.17. The van der Waals surface area contributed by atoms with Crippen LogP contribution in [0.3, 0.4) is 0 Å². The highest BCUT2D eigenvalue weighted by atomic mass is 32.2. The number of nitrogens with zero attached hydrogens (tertiary/aromatic N) is 1. The number of thioether (sulfide) groups is 1. The number of benzene rings is 1. The van der Waals surface area contributed by atoms with Crippen LogP contribution in [0.5, 0.6) is 0 Å². The Kier molecular flexibility index (Phi) is 4.55. The first-order valence-electron chi connectivity index (χ1n) is 4.67. The molecule has 6 heteroatoms. The average molecular weight is 250 g/mol. The molecule has 0 heterocycles. The van der Waals surface area contributed by atoms with Crippen molar-refractivity contribution in [3.8, 4) is 11.8 Å². The molecule has 0 radical (unpaired) electrons. The molecule has 0 aliphatic rings. The van der Waals surface area contributed by atoms with Crippen molar-refractivity contribution < 1.29 is 9.72 Å². The second-order valence-electron chi connectivity index (χ2n) is 3.12. The molecular weight excluding hydrogens is 240 g/mol. The first-order chi connectivity index (χ1) is 8.00. The third-order valence-corrected chi connectivity index (χ3v) is 2.48. The highest BCUT2D eigenvalue weighted by molar-refractivity contribution is 8.13. The highest BCUT2D eigenvalue weighted by Gasteiger charge is 2.11. The first kappa shape index (κ1) is 13.1. The Morgan fingerprint density at radius 2 is 2.29 bits per heavy atom. The minimum absolute atomic E-state index is 0.0360. The first-order valence-corrected chi connectivity index (χ1v) is 5.65. The van der Waals surface area contributed by atoms with Crippen molar-refractivity contribution in [1.29, 1.82) is 0 Å². The number of anilines is 1. The van der Waals surface area contributed by atoms with Crippen LogP contribution in [0.25, 0.3) is 0 Å². The van der Waals surface area contributed by atoms with Crippen molar-refractivity contribution in [3.05, 3.63) is 33.9 Å². The Balaban J connectivity index is 2.90. The van der Waals surface area contributed by atoms with Gasteiger partial charge >= 0.3 is 0 Å². The monoisotopic (exact) mass is 250 g/mol. The van der Waals surface area contributed by atoms with E-state index in [9.17, 15) is 14.9 Å². The number of hydrogen-bond acceptors (Lipinski definition) is 5. The lowest BCUT2D eigenvalue weighted by Gasteiger charge is -1.96. The SMILES string of the molecule is CC(=O)SCC#Cc1ccc(N)cc1[N+](=O)[O-]. The Bertz CT molecular complexity index is 517. The molecular formula is C11H10N2O3S. The lowest BCUT2D eigenvalue weighted by Crippen LogP contribution is -1.94. The van der Waals surface area contributed by atoms with Gasteiger partial charge in [-0.05, 0) is 12.1 Å². The summed E-state index contributed by atoms with van der Waals surface area (Å²) in [5.41, 5.74) is 5.96. The van der Waals surface area contributed by atoms with E-state index in [-0.39, 0.29) is 10.8 Å². The van der Waals surface area contributed by atoms with E-state index >= 15 is 0 Å². The molecule has 0 fully saturated rings. The number of nitro groups is 1. The van der Waals surface area contributed by atoms with E-state index in [2.05, 4.69) is 11.8 Å². The van der Waals surface area contributed by atoms with Crippen LogP contribution < -0.4 is 5.73 Å². The molecule has 1 aromatic carbocycles. The number of carbonyl (C=O) groups is 1. The zero-order valence-corrected chi connectivity index (χ0v) is 9.91. The molecule has 0 saturated carbocycles. The second-order valence-corrected chi connectivity index (χ2v) is 4.27. The van der Waals surface area contributed by atoms with Gasteiger partial charge in [-0.15, -0.1) is 0 Å². The number of hydrogen-bond donors (Lipinski definition) is 1. The average Bonchev–Trinajstić information content (AvgIpc) is 2.25. The predicted octanol–water partition coefficient (Wildman–Crippen LogP) is 1.81. The summed E-state index contributed by atoms with van der Waals surface area (Å²) in [4.78, 5) is 20.9. The maximum atomic E-state index is 10.7. The topological polar surface area (TPSA) is 86.2 Å². The quantitative estimate of drug-likeness (QED) is 0.374. The van der Waals surface area contributed by atoms with Gasteiger partial charge in [0.05, 0.1) is 10.7 Å². The van der Waals surface area contributed by atoms with Gasteiger partial charge in [-0.2, -0.15) is 0 Å². The molecule has 1 rings (SSSR count). The number of carbonyl (C=O) groups excluding carboxylic acids is 1. The van der Waals surface area contributed by atoms with Crippen molar-refractivity contribution in [3.63, 3.8) is 0 Å². The summed E-state index contributed by atoms with van der Waals surface area (Å²) in [6, 6.07) is 4.32. The summed E-state index contributed by atoms with van der Waals surface area (Å²) in [5, 5.41) is 10.7. The maximum absolute atomic E-state index is 10.7. The number of rotatable bonds is 2. The van der Waals surface area contributed by atoms with Gasteiger partial charge in [0.25, 0.3) is 5.69 Å². The minimum atomic E-state index is -0.529. The fraction of sp³-hybridized carbons (Fsp3) is 0.182. The molecule has 0 aliphatic heterocycles. The van der Waals surface area contributed by atoms with Crippen LogP contribution >= 0.6 is 11.8 Å². The Morgan fingerprint density at radius 1 is 1.59 bits per heavy atom. The van der Waals surface area contributed by atoms with Crippen molar-refractivity contribution in [2.45, 2.75) is 6.92 Å². The lowest BCUT2D eigenvalue weighted by molar-refractivity contribution is -0.385. The van der Waals surface area contributed by atoms with Gasteiger partial charge in [-0.25, -0.2) is 0 Å². The second kappa shape index (κ2) is 5.92. The van der Waals surface area contributed by atoms with Crippen molar-refractivity contribution in [2.75, 3.05) is 11.5 Å². The van der Waals surface area contributed by atoms with E-state index in [1.807, 2.05) is 0 Å². The molecule has 5 nitrogen and oxygen atoms in total. The molecule has 0 saturated heterocycles. The normalized spacial score (nSPS) is 9.24. The summed E-state index contributed by atoms with van der Waals surface area (Å²) in [6.45, 7) is 1.44. The Labute approximate surface area is 103 Å². The van der Waals surface area contributed by atoms with E-state index < -0.39 is 4.92 Å². The van der Waals surface area contributed by atoms with Gasteiger partial charge in [0, 0.05) is 18.7 Å². The van der Waals surface area contributed by atoms with Crippen molar-refractivity contribution in [2.24, 2.45) is 0 Å². The van der Waals surface area contributed by atoms with E-state index in [1.165, 1.54) is 19.1 Å². The zero-order valence-electron chi connectivity index (χ0n) is 9.10. The van der Waals surface area contributed by atoms with E-state index in [4.69, 9.17) is 5.73 Å². The highest BCUT2D eigenvalue weighted by Crippen LogP contribution is 2.20. The lowest BCUT2D eigenvalue weighted by atomic mass is 10.1. The molecule has 0 unspecified atom stereocenters. The molecule has 0 amide bonds. The Hall–Kier alpha value is -2.00. The number of nitrogens with two attached hydrogens (primary N) is 1. The van der Waals surface area contributed by atoms with Gasteiger partial charge in [0.15, 0.2) is 5.12 Å². The fourth-order valence-electron chi connectivity index (χ4n) is 1.07. The summed E-state index contributed by atoms with van der Waals surface area (Å²) in [6.07, 6.45) is 0. The molecule has 1 aromatic rings. The molecule has 88 valence electrons. The summed E-state index contributed by atoms with van der Waals surface area (Å²) >= 11 is 1.06. The van der Waals surface area contributed by atoms with Crippen LogP contribution in [0.4, 0.5) is 11.4 Å². The van der Waals surface area contributed by atoms with Gasteiger partial charge in [0.1, 0.15) is 5.56 Å². The maximum Gasteiger partial charge on any atom is 0.286 e. The van der Waals surface area contributed by atoms with Gasteiger partial charge < -0.3 is 5.73 Å². The summed E-state index contributed by atoms with van der Waals surface area (Å²) in [5.74, 6) is 5.67. The number of nitrogen functional groups attached to an aromatic ring is 1. The van der Waals surface area contributed by atoms with Crippen LogP contribution in [-0.2, 0) is 4.79 Å². The number of nitro benzene ring substituents is 1. The molecule has 2 N–H and O–H groups in total. The smallest absolute Gasteiger partial charge is 0.286 e.